The van der Waals surface area contributed by atoms with E-state index in [0.717, 1.165) is 22.4 Å². The number of hydrogen-bond acceptors (Lipinski definition) is 8. The van der Waals surface area contributed by atoms with E-state index in [9.17, 15) is 9.59 Å². The number of nitrogens with zero attached hydrogens (tertiary/aromatic N) is 3. The Morgan fingerprint density at radius 3 is 2.51 bits per heavy atom. The minimum absolute atomic E-state index is 0.215. The quantitative estimate of drug-likeness (QED) is 0.243. The van der Waals surface area contributed by atoms with Gasteiger partial charge in [-0.05, 0) is 61.4 Å². The molecule has 1 aliphatic heterocycles. The molecular weight excluding hydrogens is 586 g/mol. The SMILES string of the molecule is CCOC(=O)C1=C(C)N=c2s/c(=C\c3ccc(OCc4ccccc4Cl)c(OC)c3)c(=O)n2C1c1ccc(N(C)C)cc1. The lowest BCUT2D eigenvalue weighted by Gasteiger charge is -2.25. The van der Waals surface area contributed by atoms with Crippen LogP contribution in [0.1, 0.15) is 36.6 Å². The molecule has 0 aliphatic carbocycles. The summed E-state index contributed by atoms with van der Waals surface area (Å²) in [6, 6.07) is 20.1. The van der Waals surface area contributed by atoms with Crippen LogP contribution in [0.4, 0.5) is 5.69 Å². The van der Waals surface area contributed by atoms with Gasteiger partial charge in [-0.1, -0.05) is 59.3 Å². The smallest absolute Gasteiger partial charge is 0.338 e. The molecular formula is C33H32ClN3O5S. The fraction of sp³-hybridized carbons (Fsp3) is 0.242. The monoisotopic (exact) mass is 617 g/mol. The van der Waals surface area contributed by atoms with Crippen LogP contribution in [-0.4, -0.2) is 38.3 Å². The standard InChI is InChI=1S/C33H32ClN3O5S/c1-6-41-32(39)29-20(2)35-33-37(30(29)22-12-14-24(15-13-22)36(3)4)31(38)28(43-33)18-21-11-16-26(27(17-21)40-5)42-19-23-9-7-8-10-25(23)34/h7-18,30H,6,19H2,1-5H3/b28-18-. The fourth-order valence-corrected chi connectivity index (χ4v) is 6.11. The Labute approximate surface area is 258 Å². The van der Waals surface area contributed by atoms with E-state index in [-0.39, 0.29) is 18.8 Å². The zero-order chi connectivity index (χ0) is 30.7. The topological polar surface area (TPSA) is 82.4 Å². The number of carbonyl (C=O) groups is 1. The molecule has 0 fully saturated rings. The second-order valence-corrected chi connectivity index (χ2v) is 11.5. The summed E-state index contributed by atoms with van der Waals surface area (Å²) in [5.41, 5.74) is 4.02. The highest BCUT2D eigenvalue weighted by atomic mass is 35.5. The summed E-state index contributed by atoms with van der Waals surface area (Å²) in [6.07, 6.45) is 1.79. The number of methoxy groups -OCH3 is 1. The summed E-state index contributed by atoms with van der Waals surface area (Å²) in [5, 5.41) is 0.627. The molecule has 5 rings (SSSR count). The van der Waals surface area contributed by atoms with Crippen molar-refractivity contribution in [3.05, 3.63) is 119 Å². The number of fused-ring (bicyclic) bond motifs is 1. The molecule has 3 aromatic carbocycles. The Kier molecular flexibility index (Phi) is 9.03. The minimum atomic E-state index is -0.677. The highest BCUT2D eigenvalue weighted by Crippen LogP contribution is 2.32. The lowest BCUT2D eigenvalue weighted by molar-refractivity contribution is -0.139. The molecule has 0 amide bonds. The Morgan fingerprint density at radius 2 is 1.84 bits per heavy atom. The van der Waals surface area contributed by atoms with Gasteiger partial charge in [-0.25, -0.2) is 9.79 Å². The summed E-state index contributed by atoms with van der Waals surface area (Å²) in [7, 11) is 5.48. The molecule has 4 aromatic rings. The first-order chi connectivity index (χ1) is 20.7. The number of esters is 1. The van der Waals surface area contributed by atoms with E-state index in [0.29, 0.717) is 37.1 Å². The lowest BCUT2D eigenvalue weighted by atomic mass is 9.95. The Bertz CT molecular complexity index is 1880. The first kappa shape index (κ1) is 30.1. The maximum absolute atomic E-state index is 14.0. The summed E-state index contributed by atoms with van der Waals surface area (Å²) < 4.78 is 19.0. The molecule has 0 N–H and O–H groups in total. The van der Waals surface area contributed by atoms with E-state index in [4.69, 9.17) is 25.8 Å². The van der Waals surface area contributed by atoms with Crippen LogP contribution in [-0.2, 0) is 16.1 Å². The highest BCUT2D eigenvalue weighted by Gasteiger charge is 2.33. The van der Waals surface area contributed by atoms with Gasteiger partial charge < -0.3 is 19.1 Å². The molecule has 43 heavy (non-hydrogen) atoms. The molecule has 1 aromatic heterocycles. The van der Waals surface area contributed by atoms with Crippen molar-refractivity contribution in [1.82, 2.24) is 4.57 Å². The number of hydrogen-bond donors (Lipinski definition) is 0. The largest absolute Gasteiger partial charge is 0.493 e. The Balaban J connectivity index is 1.55. The average Bonchev–Trinajstić information content (AvgIpc) is 3.30. The van der Waals surface area contributed by atoms with Crippen LogP contribution >= 0.6 is 22.9 Å². The third kappa shape index (κ3) is 6.23. The summed E-state index contributed by atoms with van der Waals surface area (Å²) in [5.74, 6) is 0.585. The lowest BCUT2D eigenvalue weighted by Crippen LogP contribution is -2.39. The van der Waals surface area contributed by atoms with Gasteiger partial charge in [0.25, 0.3) is 5.56 Å². The normalized spacial score (nSPS) is 14.7. The molecule has 10 heteroatoms. The van der Waals surface area contributed by atoms with Crippen molar-refractivity contribution >= 4 is 40.7 Å². The van der Waals surface area contributed by atoms with Gasteiger partial charge in [0.1, 0.15) is 6.61 Å². The van der Waals surface area contributed by atoms with E-state index in [1.165, 1.54) is 11.3 Å². The zero-order valence-corrected chi connectivity index (χ0v) is 26.2. The molecule has 1 atom stereocenters. The van der Waals surface area contributed by atoms with Gasteiger partial charge in [0.2, 0.25) is 0 Å². The molecule has 2 heterocycles. The molecule has 0 saturated carbocycles. The zero-order valence-electron chi connectivity index (χ0n) is 24.6. The van der Waals surface area contributed by atoms with Gasteiger partial charge in [0, 0.05) is 30.4 Å². The second kappa shape index (κ2) is 12.9. The molecule has 8 nitrogen and oxygen atoms in total. The molecule has 1 unspecified atom stereocenters. The maximum Gasteiger partial charge on any atom is 0.338 e. The van der Waals surface area contributed by atoms with E-state index < -0.39 is 12.0 Å². The number of benzene rings is 3. The van der Waals surface area contributed by atoms with Crippen molar-refractivity contribution < 1.29 is 19.0 Å². The van der Waals surface area contributed by atoms with Gasteiger partial charge in [-0.3, -0.25) is 9.36 Å². The summed E-state index contributed by atoms with van der Waals surface area (Å²) in [6.45, 7) is 4.03. The van der Waals surface area contributed by atoms with Crippen molar-refractivity contribution in [2.45, 2.75) is 26.5 Å². The average molecular weight is 618 g/mol. The van der Waals surface area contributed by atoms with Crippen LogP contribution in [0, 0.1) is 0 Å². The summed E-state index contributed by atoms with van der Waals surface area (Å²) >= 11 is 7.54. The van der Waals surface area contributed by atoms with Crippen molar-refractivity contribution in [3.8, 4) is 11.5 Å². The van der Waals surface area contributed by atoms with E-state index in [1.54, 1.807) is 37.7 Å². The number of ether oxygens (including phenoxy) is 3. The van der Waals surface area contributed by atoms with E-state index in [1.807, 2.05) is 79.7 Å². The third-order valence-corrected chi connectivity index (χ3v) is 8.42. The van der Waals surface area contributed by atoms with Gasteiger partial charge >= 0.3 is 5.97 Å². The first-order valence-corrected chi connectivity index (χ1v) is 14.9. The number of thiazole rings is 1. The van der Waals surface area contributed by atoms with Crippen molar-refractivity contribution in [2.24, 2.45) is 4.99 Å². The van der Waals surface area contributed by atoms with Crippen LogP contribution in [0.5, 0.6) is 11.5 Å². The Morgan fingerprint density at radius 1 is 1.09 bits per heavy atom. The third-order valence-electron chi connectivity index (χ3n) is 7.07. The van der Waals surface area contributed by atoms with Gasteiger partial charge in [0.05, 0.1) is 35.6 Å². The molecule has 1 aliphatic rings. The first-order valence-electron chi connectivity index (χ1n) is 13.7. The van der Waals surface area contributed by atoms with Crippen LogP contribution in [0.25, 0.3) is 6.08 Å². The molecule has 0 bridgehead atoms. The number of allylic oxidation sites excluding steroid dienone is 1. The van der Waals surface area contributed by atoms with Gasteiger partial charge in [-0.15, -0.1) is 0 Å². The number of halogens is 1. The number of carbonyl (C=O) groups excluding carboxylic acids is 1. The van der Waals surface area contributed by atoms with Crippen LogP contribution in [0.3, 0.4) is 0 Å². The fourth-order valence-electron chi connectivity index (χ4n) is 4.88. The Hall–Kier alpha value is -4.34. The van der Waals surface area contributed by atoms with Crippen molar-refractivity contribution in [1.29, 1.82) is 0 Å². The minimum Gasteiger partial charge on any atom is -0.493 e. The molecule has 222 valence electrons. The molecule has 0 saturated heterocycles. The maximum atomic E-state index is 14.0. The summed E-state index contributed by atoms with van der Waals surface area (Å²) in [4.78, 5) is 34.3. The molecule has 0 radical (unpaired) electrons. The van der Waals surface area contributed by atoms with Crippen LogP contribution < -0.4 is 29.3 Å². The number of anilines is 1. The predicted molar refractivity (Wildman–Crippen MR) is 170 cm³/mol. The highest BCUT2D eigenvalue weighted by molar-refractivity contribution is 7.07. The van der Waals surface area contributed by atoms with Crippen molar-refractivity contribution in [2.75, 3.05) is 32.7 Å². The van der Waals surface area contributed by atoms with E-state index in [2.05, 4.69) is 4.99 Å². The van der Waals surface area contributed by atoms with Crippen molar-refractivity contribution in [3.63, 3.8) is 0 Å². The van der Waals surface area contributed by atoms with Crippen LogP contribution in [0.15, 0.2) is 87.8 Å². The van der Waals surface area contributed by atoms with Gasteiger partial charge in [-0.2, -0.15) is 0 Å². The second-order valence-electron chi connectivity index (χ2n) is 10.1. The van der Waals surface area contributed by atoms with E-state index >= 15 is 0 Å². The molecule has 0 spiro atoms. The number of aromatic nitrogens is 1. The van der Waals surface area contributed by atoms with Crippen LogP contribution in [0.2, 0.25) is 5.02 Å². The number of rotatable bonds is 9. The van der Waals surface area contributed by atoms with Gasteiger partial charge in [0.15, 0.2) is 16.3 Å². The predicted octanol–water partition coefficient (Wildman–Crippen LogP) is 5.11.